The summed E-state index contributed by atoms with van der Waals surface area (Å²) in [6.45, 7) is 0. The summed E-state index contributed by atoms with van der Waals surface area (Å²) < 4.78 is 0. The topological polar surface area (TPSA) is 19.9 Å². The van der Waals surface area contributed by atoms with Crippen molar-refractivity contribution in [2.24, 2.45) is 0 Å². The molecule has 0 amide bonds. The van der Waals surface area contributed by atoms with E-state index in [0.717, 1.165) is 7.11 Å². The zero-order chi connectivity index (χ0) is 5.54. The van der Waals surface area contributed by atoms with Crippen molar-refractivity contribution in [2.45, 2.75) is 0 Å². The van der Waals surface area contributed by atoms with Crippen LogP contribution in [0, 0.1) is 0 Å². The molecule has 0 spiro atoms. The lowest BCUT2D eigenvalue weighted by Crippen LogP contribution is -1.16. The van der Waals surface area contributed by atoms with E-state index in [0.29, 0.717) is 0 Å². The van der Waals surface area contributed by atoms with Crippen molar-refractivity contribution >= 4 is 11.3 Å². The second-order valence-electron chi connectivity index (χ2n) is 0.793. The molecule has 1 rings (SSSR count). The van der Waals surface area contributed by atoms with Gasteiger partial charge in [-0.3, -0.25) is 0 Å². The van der Waals surface area contributed by atoms with Gasteiger partial charge in [0.25, 0.3) is 0 Å². The molecular formula is C5H7OS. The van der Waals surface area contributed by atoms with Crippen molar-refractivity contribution < 1.29 is 5.11 Å². The third-order valence-corrected chi connectivity index (χ3v) is 1.05. The van der Waals surface area contributed by atoms with Crippen LogP contribution in [0.5, 0.6) is 0 Å². The van der Waals surface area contributed by atoms with E-state index in [9.17, 15) is 0 Å². The first kappa shape index (κ1) is 6.66. The molecule has 0 aromatic carbocycles. The maximum Gasteiger partial charge on any atom is 0.0712 e. The van der Waals surface area contributed by atoms with Crippen LogP contribution < -0.4 is 0 Å². The SMILES string of the molecule is C[O].c1ccsc1. The van der Waals surface area contributed by atoms with Crippen molar-refractivity contribution in [1.29, 1.82) is 0 Å². The minimum absolute atomic E-state index is 0.750. The Morgan fingerprint density at radius 1 is 1.14 bits per heavy atom. The highest BCUT2D eigenvalue weighted by atomic mass is 32.1. The molecule has 1 aromatic rings. The van der Waals surface area contributed by atoms with Crippen LogP contribution in [0.4, 0.5) is 0 Å². The van der Waals surface area contributed by atoms with Gasteiger partial charge in [0.05, 0.1) is 7.11 Å². The second kappa shape index (κ2) is 5.66. The van der Waals surface area contributed by atoms with Gasteiger partial charge in [-0.25, -0.2) is 5.11 Å². The van der Waals surface area contributed by atoms with E-state index < -0.39 is 0 Å². The maximum atomic E-state index is 8.25. The predicted octanol–water partition coefficient (Wildman–Crippen LogP) is 1.79. The van der Waals surface area contributed by atoms with Gasteiger partial charge in [-0.2, -0.15) is 11.3 Å². The summed E-state index contributed by atoms with van der Waals surface area (Å²) in [5.41, 5.74) is 0. The Kier molecular flexibility index (Phi) is 5.39. The van der Waals surface area contributed by atoms with Gasteiger partial charge in [0.2, 0.25) is 0 Å². The molecule has 39 valence electrons. The van der Waals surface area contributed by atoms with Crippen molar-refractivity contribution in [3.8, 4) is 0 Å². The second-order valence-corrected chi connectivity index (χ2v) is 1.61. The van der Waals surface area contributed by atoms with Crippen LogP contribution in [-0.4, -0.2) is 7.11 Å². The van der Waals surface area contributed by atoms with E-state index in [1.54, 1.807) is 11.3 Å². The highest BCUT2D eigenvalue weighted by Gasteiger charge is 1.58. The molecule has 1 heterocycles. The van der Waals surface area contributed by atoms with Crippen LogP contribution in [0.2, 0.25) is 0 Å². The molecule has 0 fully saturated rings. The monoisotopic (exact) mass is 115 g/mol. The van der Waals surface area contributed by atoms with Gasteiger partial charge in [0, 0.05) is 0 Å². The Morgan fingerprint density at radius 3 is 1.71 bits per heavy atom. The molecule has 0 aliphatic carbocycles. The van der Waals surface area contributed by atoms with Crippen LogP contribution in [0.15, 0.2) is 22.9 Å². The van der Waals surface area contributed by atoms with E-state index >= 15 is 0 Å². The molecule has 2 heteroatoms. The van der Waals surface area contributed by atoms with Gasteiger partial charge in [-0.15, -0.1) is 0 Å². The predicted molar refractivity (Wildman–Crippen MR) is 30.9 cm³/mol. The van der Waals surface area contributed by atoms with Gasteiger partial charge in [0.1, 0.15) is 0 Å². The van der Waals surface area contributed by atoms with E-state index in [1.165, 1.54) is 0 Å². The van der Waals surface area contributed by atoms with E-state index in [4.69, 9.17) is 5.11 Å². The first-order valence-electron chi connectivity index (χ1n) is 1.88. The number of thiophene rings is 1. The Bertz CT molecular complexity index is 64.6. The smallest absolute Gasteiger partial charge is 0.0712 e. The molecule has 0 unspecified atom stereocenters. The fourth-order valence-corrected chi connectivity index (χ4v) is 0.680. The highest BCUT2D eigenvalue weighted by molar-refractivity contribution is 7.07. The van der Waals surface area contributed by atoms with Crippen LogP contribution in [-0.2, 0) is 5.11 Å². The molecular weight excluding hydrogens is 108 g/mol. The summed E-state index contributed by atoms with van der Waals surface area (Å²) in [5, 5.41) is 12.3. The Balaban J connectivity index is 0.000000162. The molecule has 1 nitrogen and oxygen atoms in total. The molecule has 0 aliphatic rings. The average molecular weight is 115 g/mol. The molecule has 0 saturated heterocycles. The number of rotatable bonds is 0. The van der Waals surface area contributed by atoms with Gasteiger partial charge < -0.3 is 0 Å². The van der Waals surface area contributed by atoms with E-state index in [2.05, 4.69) is 0 Å². The van der Waals surface area contributed by atoms with Gasteiger partial charge in [-0.05, 0) is 10.8 Å². The normalized spacial score (nSPS) is 6.57. The number of hydrogen-bond donors (Lipinski definition) is 0. The lowest BCUT2D eigenvalue weighted by atomic mass is 10.7. The quantitative estimate of drug-likeness (QED) is 0.491. The van der Waals surface area contributed by atoms with Crippen molar-refractivity contribution in [3.63, 3.8) is 0 Å². The van der Waals surface area contributed by atoms with E-state index in [1.807, 2.05) is 22.9 Å². The standard InChI is InChI=1S/C4H4S.CH3O/c1-2-4-5-3-1;1-2/h1-4H;1H3. The zero-order valence-electron chi connectivity index (χ0n) is 4.13. The minimum atomic E-state index is 0.750. The number of hydrogen-bond acceptors (Lipinski definition) is 1. The molecule has 0 N–H and O–H groups in total. The molecule has 0 saturated carbocycles. The lowest BCUT2D eigenvalue weighted by Gasteiger charge is -1.39. The first-order valence-corrected chi connectivity index (χ1v) is 2.82. The third kappa shape index (κ3) is 3.49. The van der Waals surface area contributed by atoms with Crippen molar-refractivity contribution in [3.05, 3.63) is 22.9 Å². The van der Waals surface area contributed by atoms with Gasteiger partial charge >= 0.3 is 0 Å². The Hall–Kier alpha value is -0.340. The molecule has 0 atom stereocenters. The van der Waals surface area contributed by atoms with Gasteiger partial charge in [0.15, 0.2) is 0 Å². The summed E-state index contributed by atoms with van der Waals surface area (Å²) >= 11 is 1.71. The van der Waals surface area contributed by atoms with Crippen LogP contribution in [0.3, 0.4) is 0 Å². The Morgan fingerprint density at radius 2 is 1.57 bits per heavy atom. The van der Waals surface area contributed by atoms with Crippen LogP contribution in [0.25, 0.3) is 0 Å². The lowest BCUT2D eigenvalue weighted by molar-refractivity contribution is 0.282. The maximum absolute atomic E-state index is 8.25. The molecule has 7 heavy (non-hydrogen) atoms. The minimum Gasteiger partial charge on any atom is -0.240 e. The molecule has 0 aliphatic heterocycles. The largest absolute Gasteiger partial charge is 0.240 e. The summed E-state index contributed by atoms with van der Waals surface area (Å²) in [7, 11) is 0.750. The summed E-state index contributed by atoms with van der Waals surface area (Å²) in [6, 6.07) is 4.04. The van der Waals surface area contributed by atoms with Crippen LogP contribution in [0.1, 0.15) is 0 Å². The van der Waals surface area contributed by atoms with E-state index in [-0.39, 0.29) is 0 Å². The van der Waals surface area contributed by atoms with Crippen molar-refractivity contribution in [1.82, 2.24) is 0 Å². The van der Waals surface area contributed by atoms with Gasteiger partial charge in [-0.1, -0.05) is 12.1 Å². The summed E-state index contributed by atoms with van der Waals surface area (Å²) in [5.74, 6) is 0. The zero-order valence-corrected chi connectivity index (χ0v) is 4.94. The molecule has 0 bridgehead atoms. The summed E-state index contributed by atoms with van der Waals surface area (Å²) in [6.07, 6.45) is 0. The molecule has 1 aromatic heterocycles. The first-order chi connectivity index (χ1) is 3.50. The third-order valence-electron chi connectivity index (χ3n) is 0.425. The average Bonchev–Trinajstić information content (AvgIpc) is 2.23. The Labute approximate surface area is 47.2 Å². The van der Waals surface area contributed by atoms with Crippen molar-refractivity contribution in [2.75, 3.05) is 7.11 Å². The molecule has 1 radical (unpaired) electrons. The fraction of sp³-hybridized carbons (Fsp3) is 0.200. The van der Waals surface area contributed by atoms with Crippen LogP contribution >= 0.6 is 11.3 Å². The summed E-state index contributed by atoms with van der Waals surface area (Å²) in [4.78, 5) is 0. The highest BCUT2D eigenvalue weighted by Crippen LogP contribution is 1.91. The fourth-order valence-electron chi connectivity index (χ4n) is 0.227.